The van der Waals surface area contributed by atoms with E-state index in [1.54, 1.807) is 18.2 Å². The number of non-ortho nitro benzene ring substituents is 1. The lowest BCUT2D eigenvalue weighted by molar-refractivity contribution is -0.384. The number of halogens is 1. The van der Waals surface area contributed by atoms with E-state index in [4.69, 9.17) is 14.5 Å². The van der Waals surface area contributed by atoms with Crippen LogP contribution in [0.1, 0.15) is 51.0 Å². The van der Waals surface area contributed by atoms with Gasteiger partial charge >= 0.3 is 5.97 Å². The van der Waals surface area contributed by atoms with E-state index in [-0.39, 0.29) is 24.7 Å². The molecular weight excluding hydrogens is 554 g/mol. The summed E-state index contributed by atoms with van der Waals surface area (Å²) in [6.45, 7) is 1.65. The van der Waals surface area contributed by atoms with Gasteiger partial charge in [0.25, 0.3) is 5.69 Å². The molecule has 0 bridgehead atoms. The Kier molecular flexibility index (Phi) is 7.39. The van der Waals surface area contributed by atoms with Gasteiger partial charge in [0.15, 0.2) is 0 Å². The standard InChI is InChI=1S/C33H27N3O5.ClH/c37-33(40-19-20-6-3-9-23(14-20)36(38)39)25-11-2-1-10-24(25)32-26-15-21-7-4-12-34-28(21)17-30(26)41-31-18-29-22(16-27(31)32)8-5-13-35-29;/h1-3,6,9-11,14-18,34H,4-5,7-8,12-13,19H2;1H. The van der Waals surface area contributed by atoms with Crippen molar-refractivity contribution in [2.75, 3.05) is 18.4 Å². The molecule has 1 N–H and O–H groups in total. The number of carbonyl (C=O) groups is 1. The normalized spacial score (nSPS) is 14.3. The number of carbonyl (C=O) groups excluding carboxylic acids is 1. The van der Waals surface area contributed by atoms with Crippen LogP contribution in [0.25, 0.3) is 5.57 Å². The second-order valence-corrected chi connectivity index (χ2v) is 10.5. The van der Waals surface area contributed by atoms with Gasteiger partial charge in [0.05, 0.1) is 15.8 Å². The van der Waals surface area contributed by atoms with E-state index in [1.165, 1.54) is 23.3 Å². The first-order valence-corrected chi connectivity index (χ1v) is 13.9. The van der Waals surface area contributed by atoms with Gasteiger partial charge in [-0.2, -0.15) is 0 Å². The van der Waals surface area contributed by atoms with Crippen LogP contribution in [0.15, 0.2) is 77.8 Å². The molecule has 4 aromatic carbocycles. The van der Waals surface area contributed by atoms with Crippen molar-refractivity contribution in [2.45, 2.75) is 32.3 Å². The molecule has 7 rings (SSSR count). The van der Waals surface area contributed by atoms with Crippen LogP contribution in [0.3, 0.4) is 0 Å². The highest BCUT2D eigenvalue weighted by molar-refractivity contribution is 5.99. The number of esters is 1. The van der Waals surface area contributed by atoms with Crippen molar-refractivity contribution in [2.24, 2.45) is 4.99 Å². The fourth-order valence-electron chi connectivity index (χ4n) is 5.91. The largest absolute Gasteiger partial charge is 0.457 e. The number of ether oxygens (including phenoxy) is 2. The fraction of sp³-hybridized carbons (Fsp3) is 0.212. The summed E-state index contributed by atoms with van der Waals surface area (Å²) in [6, 6.07) is 22.0. The molecule has 8 nitrogen and oxygen atoms in total. The van der Waals surface area contributed by atoms with Gasteiger partial charge in [0.2, 0.25) is 0 Å². The van der Waals surface area contributed by atoms with Crippen molar-refractivity contribution in [1.82, 2.24) is 0 Å². The highest BCUT2D eigenvalue weighted by Crippen LogP contribution is 2.41. The molecule has 0 atom stereocenters. The molecule has 0 aromatic heterocycles. The molecule has 0 saturated heterocycles. The Morgan fingerprint density at radius 3 is 2.69 bits per heavy atom. The third-order valence-corrected chi connectivity index (χ3v) is 7.88. The Bertz CT molecular complexity index is 1870. The van der Waals surface area contributed by atoms with E-state index in [2.05, 4.69) is 23.5 Å². The van der Waals surface area contributed by atoms with Crippen LogP contribution in [0, 0.1) is 10.1 Å². The Hall–Kier alpha value is -4.69. The number of anilines is 1. The summed E-state index contributed by atoms with van der Waals surface area (Å²) in [5, 5.41) is 16.6. The summed E-state index contributed by atoms with van der Waals surface area (Å²) in [5.74, 6) is 0.949. The van der Waals surface area contributed by atoms with Crippen LogP contribution in [0.4, 0.5) is 11.4 Å². The van der Waals surface area contributed by atoms with Crippen LogP contribution in [-0.2, 0) is 24.2 Å². The van der Waals surface area contributed by atoms with E-state index in [1.807, 2.05) is 24.3 Å². The van der Waals surface area contributed by atoms with Gasteiger partial charge in [-0.15, -0.1) is 12.4 Å². The summed E-state index contributed by atoms with van der Waals surface area (Å²) >= 11 is 0. The summed E-state index contributed by atoms with van der Waals surface area (Å²) in [5.41, 5.74) is 7.00. The predicted molar refractivity (Wildman–Crippen MR) is 161 cm³/mol. The maximum Gasteiger partial charge on any atom is 0.339 e. The van der Waals surface area contributed by atoms with Gasteiger partial charge in [0, 0.05) is 59.4 Å². The van der Waals surface area contributed by atoms with Crippen molar-refractivity contribution in [3.05, 3.63) is 127 Å². The smallest absolute Gasteiger partial charge is 0.339 e. The molecule has 3 aliphatic rings. The quantitative estimate of drug-likeness (QED) is 0.163. The highest BCUT2D eigenvalue weighted by atomic mass is 35.5. The lowest BCUT2D eigenvalue weighted by atomic mass is 9.87. The van der Waals surface area contributed by atoms with E-state index in [9.17, 15) is 14.9 Å². The minimum Gasteiger partial charge on any atom is -0.457 e. The molecule has 42 heavy (non-hydrogen) atoms. The SMILES string of the molecule is Cl.O=C(OCc1cccc([N+](=O)[O-])c1)c1ccccc1C1=c2cc3c(cc2Oc2cc4c(cc21)CCCN4)=NCCC3. The predicted octanol–water partition coefficient (Wildman–Crippen LogP) is 5.65. The number of hydrogen-bond donors (Lipinski definition) is 1. The minimum atomic E-state index is -0.498. The van der Waals surface area contributed by atoms with E-state index in [0.717, 1.165) is 77.5 Å². The van der Waals surface area contributed by atoms with Crippen molar-refractivity contribution >= 4 is 35.3 Å². The molecular formula is C33H28ClN3O5. The number of nitro benzene ring substituents is 1. The number of nitrogens with zero attached hydrogens (tertiary/aromatic N) is 2. The number of hydrogen-bond acceptors (Lipinski definition) is 7. The lowest BCUT2D eigenvalue weighted by Gasteiger charge is -2.27. The van der Waals surface area contributed by atoms with E-state index in [0.29, 0.717) is 16.9 Å². The summed E-state index contributed by atoms with van der Waals surface area (Å²) < 4.78 is 12.2. The number of benzene rings is 4. The molecule has 0 unspecified atom stereocenters. The van der Waals surface area contributed by atoms with Crippen LogP contribution in [-0.4, -0.2) is 24.0 Å². The lowest BCUT2D eigenvalue weighted by Crippen LogP contribution is -2.26. The number of nitrogens with one attached hydrogen (secondary N) is 1. The molecule has 0 spiro atoms. The molecule has 0 amide bonds. The van der Waals surface area contributed by atoms with Crippen LogP contribution < -0.4 is 20.6 Å². The number of aryl methyl sites for hydroxylation is 2. The van der Waals surface area contributed by atoms with Gasteiger partial charge in [-0.3, -0.25) is 15.1 Å². The van der Waals surface area contributed by atoms with E-state index >= 15 is 0 Å². The van der Waals surface area contributed by atoms with Gasteiger partial charge in [0.1, 0.15) is 18.1 Å². The molecule has 4 aromatic rings. The van der Waals surface area contributed by atoms with E-state index < -0.39 is 10.9 Å². The Balaban J connectivity index is 0.00000316. The van der Waals surface area contributed by atoms with Crippen molar-refractivity contribution in [1.29, 1.82) is 0 Å². The topological polar surface area (TPSA) is 103 Å². The fourth-order valence-corrected chi connectivity index (χ4v) is 5.91. The first kappa shape index (κ1) is 27.5. The highest BCUT2D eigenvalue weighted by Gasteiger charge is 2.27. The molecule has 3 aliphatic heterocycles. The zero-order valence-electron chi connectivity index (χ0n) is 22.7. The van der Waals surface area contributed by atoms with Crippen molar-refractivity contribution in [3.63, 3.8) is 0 Å². The summed E-state index contributed by atoms with van der Waals surface area (Å²) in [6.07, 6.45) is 3.95. The Labute approximate surface area is 248 Å². The average Bonchev–Trinajstić information content (AvgIpc) is 3.00. The molecule has 3 heterocycles. The van der Waals surface area contributed by atoms with Crippen LogP contribution in [0.5, 0.6) is 11.5 Å². The maximum atomic E-state index is 13.6. The molecule has 0 aliphatic carbocycles. The molecule has 212 valence electrons. The first-order chi connectivity index (χ1) is 20.0. The second-order valence-electron chi connectivity index (χ2n) is 10.5. The molecule has 9 heteroatoms. The molecule has 0 radical (unpaired) electrons. The number of fused-ring (bicyclic) bond motifs is 4. The number of rotatable bonds is 5. The van der Waals surface area contributed by atoms with Crippen LogP contribution >= 0.6 is 12.4 Å². The Morgan fingerprint density at radius 2 is 1.81 bits per heavy atom. The molecule has 0 fully saturated rings. The number of nitro groups is 1. The summed E-state index contributed by atoms with van der Waals surface area (Å²) in [4.78, 5) is 29.0. The van der Waals surface area contributed by atoms with Gasteiger partial charge in [-0.25, -0.2) is 4.79 Å². The zero-order valence-corrected chi connectivity index (χ0v) is 23.5. The monoisotopic (exact) mass is 581 g/mol. The third kappa shape index (κ3) is 4.99. The molecule has 0 saturated carbocycles. The van der Waals surface area contributed by atoms with Gasteiger partial charge < -0.3 is 14.8 Å². The first-order valence-electron chi connectivity index (χ1n) is 13.9. The second kappa shape index (κ2) is 11.3. The van der Waals surface area contributed by atoms with Crippen molar-refractivity contribution < 1.29 is 19.2 Å². The van der Waals surface area contributed by atoms with Gasteiger partial charge in [-0.05, 0) is 66.1 Å². The maximum absolute atomic E-state index is 13.6. The van der Waals surface area contributed by atoms with Crippen LogP contribution in [0.2, 0.25) is 0 Å². The summed E-state index contributed by atoms with van der Waals surface area (Å²) in [7, 11) is 0. The minimum absolute atomic E-state index is 0. The zero-order chi connectivity index (χ0) is 27.9. The van der Waals surface area contributed by atoms with Crippen molar-refractivity contribution in [3.8, 4) is 11.5 Å². The Morgan fingerprint density at radius 1 is 0.952 bits per heavy atom. The van der Waals surface area contributed by atoms with Gasteiger partial charge in [-0.1, -0.05) is 30.3 Å². The third-order valence-electron chi connectivity index (χ3n) is 7.88. The average molecular weight is 582 g/mol.